The highest BCUT2D eigenvalue weighted by molar-refractivity contribution is 7.91. The third-order valence-electron chi connectivity index (χ3n) is 6.83. The van der Waals surface area contributed by atoms with Crippen molar-refractivity contribution in [2.75, 3.05) is 50.2 Å². The number of rotatable bonds is 14. The molecule has 3 aromatic rings. The molecule has 3 rings (SSSR count). The quantitative estimate of drug-likeness (QED) is 0.165. The highest BCUT2D eigenvalue weighted by Crippen LogP contribution is 2.29. The zero-order valence-electron chi connectivity index (χ0n) is 23.7. The number of carbonyl (C=O) groups is 2. The van der Waals surface area contributed by atoms with Crippen molar-refractivity contribution in [2.45, 2.75) is 24.7 Å². The zero-order valence-corrected chi connectivity index (χ0v) is 24.5. The molecule has 0 aliphatic carbocycles. The fourth-order valence-electron chi connectivity index (χ4n) is 4.66. The Morgan fingerprint density at radius 1 is 1.00 bits per heavy atom. The van der Waals surface area contributed by atoms with Crippen LogP contribution >= 0.6 is 0 Å². The van der Waals surface area contributed by atoms with E-state index in [2.05, 4.69) is 15.6 Å². The van der Waals surface area contributed by atoms with Crippen LogP contribution in [0, 0.1) is 0 Å². The van der Waals surface area contributed by atoms with Crippen LogP contribution in [0.4, 0.5) is 18.9 Å². The standard InChI is InChI=1S/C28H36F3N7O4S/c1-38(12-10-32,13-11-33)18-43(41,42)17-23(34)26(39)37-25(14-19-6-8-21(9-7-19)28(29,30)31)27(40)36-22-15-20-4-2-3-5-24(20)35-16-22/h2-9,15-16,23,25H,10-14,17-18,32-34H2,1H3,(H-,36,37,39,40)/p+1/t23-,25-/m0/s1. The maximum atomic E-state index is 13.3. The molecule has 0 radical (unpaired) electrons. The number of anilines is 1. The molecular weight excluding hydrogens is 587 g/mol. The zero-order chi connectivity index (χ0) is 31.8. The number of quaternary nitrogens is 1. The number of alkyl halides is 3. The molecule has 0 bridgehead atoms. The molecule has 2 atom stereocenters. The van der Waals surface area contributed by atoms with Crippen molar-refractivity contribution in [3.05, 3.63) is 71.9 Å². The highest BCUT2D eigenvalue weighted by atomic mass is 32.2. The smallest absolute Gasteiger partial charge is 0.343 e. The number of sulfone groups is 1. The van der Waals surface area contributed by atoms with Crippen molar-refractivity contribution in [1.29, 1.82) is 0 Å². The maximum Gasteiger partial charge on any atom is 0.416 e. The van der Waals surface area contributed by atoms with E-state index in [0.29, 0.717) is 29.9 Å². The van der Waals surface area contributed by atoms with Crippen molar-refractivity contribution in [3.63, 3.8) is 0 Å². The molecular formula is C28H37F3N7O4S+. The fourth-order valence-corrected chi connectivity index (χ4v) is 6.68. The topological polar surface area (TPSA) is 183 Å². The van der Waals surface area contributed by atoms with Crippen LogP contribution < -0.4 is 27.8 Å². The van der Waals surface area contributed by atoms with Gasteiger partial charge in [0.05, 0.1) is 54.9 Å². The maximum absolute atomic E-state index is 13.3. The van der Waals surface area contributed by atoms with E-state index in [1.807, 2.05) is 6.07 Å². The minimum Gasteiger partial charge on any atom is -0.343 e. The number of hydrogen-bond donors (Lipinski definition) is 5. The minimum atomic E-state index is -4.55. The summed E-state index contributed by atoms with van der Waals surface area (Å²) in [5, 5.41) is 5.88. The molecule has 43 heavy (non-hydrogen) atoms. The number of likely N-dealkylation sites (N-methyl/N-ethyl adjacent to an activating group) is 1. The van der Waals surface area contributed by atoms with Gasteiger partial charge in [0.15, 0.2) is 5.88 Å². The van der Waals surface area contributed by atoms with E-state index >= 15 is 0 Å². The van der Waals surface area contributed by atoms with Gasteiger partial charge in [-0.25, -0.2) is 8.42 Å². The number of halogens is 3. The number of hydrogen-bond acceptors (Lipinski definition) is 8. The van der Waals surface area contributed by atoms with Crippen LogP contribution in [0.15, 0.2) is 60.8 Å². The van der Waals surface area contributed by atoms with Crippen molar-refractivity contribution < 1.29 is 35.7 Å². The molecule has 2 aromatic carbocycles. The van der Waals surface area contributed by atoms with Gasteiger partial charge in [-0.1, -0.05) is 30.3 Å². The summed E-state index contributed by atoms with van der Waals surface area (Å²) in [6.07, 6.45) is -3.32. The van der Waals surface area contributed by atoms with E-state index in [1.165, 1.54) is 18.3 Å². The van der Waals surface area contributed by atoms with Crippen LogP contribution in [-0.4, -0.2) is 86.6 Å². The van der Waals surface area contributed by atoms with Crippen LogP contribution in [-0.2, 0) is 32.0 Å². The van der Waals surface area contributed by atoms with Crippen molar-refractivity contribution >= 4 is 38.2 Å². The Bertz CT molecular complexity index is 1510. The lowest BCUT2D eigenvalue weighted by molar-refractivity contribution is -0.895. The van der Waals surface area contributed by atoms with Gasteiger partial charge >= 0.3 is 6.18 Å². The first kappa shape index (κ1) is 33.9. The normalized spacial score (nSPS) is 13.8. The van der Waals surface area contributed by atoms with Crippen LogP contribution in [0.1, 0.15) is 11.1 Å². The van der Waals surface area contributed by atoms with E-state index in [-0.39, 0.29) is 29.9 Å². The van der Waals surface area contributed by atoms with Gasteiger partial charge in [-0.15, -0.1) is 0 Å². The number of nitrogens with one attached hydrogen (secondary N) is 2. The Kier molecular flexibility index (Phi) is 11.2. The average Bonchev–Trinajstić information content (AvgIpc) is 2.91. The second-order valence-electron chi connectivity index (χ2n) is 10.7. The molecule has 11 nitrogen and oxygen atoms in total. The summed E-state index contributed by atoms with van der Waals surface area (Å²) in [5.41, 5.74) is 17.7. The number of carbonyl (C=O) groups excluding carboxylic acids is 2. The number of nitrogens with two attached hydrogens (primary N) is 3. The van der Waals surface area contributed by atoms with Crippen LogP contribution in [0.3, 0.4) is 0 Å². The summed E-state index contributed by atoms with van der Waals surface area (Å²) in [5.74, 6) is -2.66. The predicted molar refractivity (Wildman–Crippen MR) is 158 cm³/mol. The van der Waals surface area contributed by atoms with E-state index in [4.69, 9.17) is 17.2 Å². The van der Waals surface area contributed by atoms with E-state index in [0.717, 1.165) is 17.5 Å². The number of nitrogens with zero attached hydrogens (tertiary/aromatic N) is 2. The van der Waals surface area contributed by atoms with Gasteiger partial charge in [0.2, 0.25) is 21.7 Å². The Balaban J connectivity index is 1.79. The SMILES string of the molecule is C[N+](CCN)(CCN)CS(=O)(=O)C[C@H](N)C(=O)N[C@@H](Cc1ccc(C(F)(F)F)cc1)C(=O)Nc1cnc2ccccc2c1. The Morgan fingerprint density at radius 3 is 2.23 bits per heavy atom. The lowest BCUT2D eigenvalue weighted by Crippen LogP contribution is -2.56. The predicted octanol–water partition coefficient (Wildman–Crippen LogP) is 0.983. The van der Waals surface area contributed by atoms with Gasteiger partial charge in [0, 0.05) is 24.9 Å². The second-order valence-corrected chi connectivity index (χ2v) is 12.7. The van der Waals surface area contributed by atoms with Crippen molar-refractivity contribution in [3.8, 4) is 0 Å². The number of benzene rings is 2. The number of fused-ring (bicyclic) bond motifs is 1. The third-order valence-corrected chi connectivity index (χ3v) is 8.71. The summed E-state index contributed by atoms with van der Waals surface area (Å²) < 4.78 is 65.1. The molecule has 1 aromatic heterocycles. The first-order valence-corrected chi connectivity index (χ1v) is 15.3. The second kappa shape index (κ2) is 14.2. The van der Waals surface area contributed by atoms with Gasteiger partial charge in [0.25, 0.3) is 0 Å². The summed E-state index contributed by atoms with van der Waals surface area (Å²) >= 11 is 0. The van der Waals surface area contributed by atoms with E-state index < -0.39 is 51.2 Å². The molecule has 0 fully saturated rings. The molecule has 8 N–H and O–H groups in total. The minimum absolute atomic E-state index is 0.0441. The molecule has 2 amide bonds. The lowest BCUT2D eigenvalue weighted by Gasteiger charge is -2.33. The number of pyridine rings is 1. The van der Waals surface area contributed by atoms with Gasteiger partial charge in [-0.3, -0.25) is 14.6 Å². The highest BCUT2D eigenvalue weighted by Gasteiger charge is 2.33. The van der Waals surface area contributed by atoms with Gasteiger partial charge in [0.1, 0.15) is 6.04 Å². The number of para-hydroxylation sites is 1. The van der Waals surface area contributed by atoms with Crippen molar-refractivity contribution in [2.24, 2.45) is 17.2 Å². The number of amides is 2. The Hall–Kier alpha value is -3.63. The molecule has 234 valence electrons. The third kappa shape index (κ3) is 9.96. The molecule has 0 aliphatic heterocycles. The molecule has 0 unspecified atom stereocenters. The Labute approximate surface area is 248 Å². The summed E-state index contributed by atoms with van der Waals surface area (Å²) in [4.78, 5) is 30.7. The van der Waals surface area contributed by atoms with Crippen LogP contribution in [0.2, 0.25) is 0 Å². The van der Waals surface area contributed by atoms with Gasteiger partial charge < -0.3 is 32.3 Å². The van der Waals surface area contributed by atoms with E-state index in [9.17, 15) is 31.2 Å². The van der Waals surface area contributed by atoms with Crippen molar-refractivity contribution in [1.82, 2.24) is 10.3 Å². The molecule has 0 spiro atoms. The van der Waals surface area contributed by atoms with Gasteiger partial charge in [-0.2, -0.15) is 13.2 Å². The largest absolute Gasteiger partial charge is 0.416 e. The summed E-state index contributed by atoms with van der Waals surface area (Å²) in [7, 11) is -2.18. The monoisotopic (exact) mass is 624 g/mol. The summed E-state index contributed by atoms with van der Waals surface area (Å²) in [6.45, 7) is 1.14. The molecule has 1 heterocycles. The Morgan fingerprint density at radius 2 is 1.63 bits per heavy atom. The molecule has 15 heteroatoms. The van der Waals surface area contributed by atoms with Crippen LogP contribution in [0.25, 0.3) is 10.9 Å². The first-order valence-electron chi connectivity index (χ1n) is 13.5. The van der Waals surface area contributed by atoms with Crippen LogP contribution in [0.5, 0.6) is 0 Å². The molecule has 0 saturated carbocycles. The lowest BCUT2D eigenvalue weighted by atomic mass is 10.0. The van der Waals surface area contributed by atoms with E-state index in [1.54, 1.807) is 31.3 Å². The number of aromatic nitrogens is 1. The molecule has 0 saturated heterocycles. The molecule has 0 aliphatic rings. The summed E-state index contributed by atoms with van der Waals surface area (Å²) in [6, 6.07) is 10.2. The van der Waals surface area contributed by atoms with Gasteiger partial charge in [-0.05, 0) is 29.8 Å². The fraction of sp³-hybridized carbons (Fsp3) is 0.393. The average molecular weight is 625 g/mol. The first-order chi connectivity index (χ1) is 20.1.